The first-order valence-electron chi connectivity index (χ1n) is 8.53. The standard InChI is InChI=1S/C16H24O11/c1-16(24)2-6(18)8-5(13(22)23)4-25-14(9(8)16)27-15-12(21)11(20)10(19)7(3-17)26-15/h4,6-12,14-15,17-21,24H,2-3H2,1H3,(H,22,23). The second kappa shape index (κ2) is 7.26. The Morgan fingerprint density at radius 2 is 1.89 bits per heavy atom. The summed E-state index contributed by atoms with van der Waals surface area (Å²) in [6, 6.07) is 0. The Morgan fingerprint density at radius 1 is 1.22 bits per heavy atom. The summed E-state index contributed by atoms with van der Waals surface area (Å²) in [5.74, 6) is -3.30. The summed E-state index contributed by atoms with van der Waals surface area (Å²) < 4.78 is 16.1. The van der Waals surface area contributed by atoms with Gasteiger partial charge in [0.05, 0.1) is 36.1 Å². The fourth-order valence-corrected chi connectivity index (χ4v) is 4.10. The van der Waals surface area contributed by atoms with E-state index in [0.29, 0.717) is 0 Å². The van der Waals surface area contributed by atoms with E-state index in [1.165, 1.54) is 6.92 Å². The molecule has 0 bridgehead atoms. The smallest absolute Gasteiger partial charge is 0.335 e. The minimum Gasteiger partial charge on any atom is -0.478 e. The van der Waals surface area contributed by atoms with Crippen molar-refractivity contribution in [1.29, 1.82) is 0 Å². The molecule has 3 rings (SSSR count). The van der Waals surface area contributed by atoms with Gasteiger partial charge in [0.15, 0.2) is 6.29 Å². The third-order valence-electron chi connectivity index (χ3n) is 5.49. The van der Waals surface area contributed by atoms with E-state index in [-0.39, 0.29) is 12.0 Å². The van der Waals surface area contributed by atoms with Gasteiger partial charge in [-0.05, 0) is 6.92 Å². The highest BCUT2D eigenvalue weighted by molar-refractivity contribution is 5.87. The number of ether oxygens (including phenoxy) is 3. The predicted molar refractivity (Wildman–Crippen MR) is 83.7 cm³/mol. The molecule has 0 aromatic heterocycles. The van der Waals surface area contributed by atoms with Crippen LogP contribution in [-0.2, 0) is 19.0 Å². The Hall–Kier alpha value is -1.31. The first kappa shape index (κ1) is 20.4. The molecule has 3 aliphatic rings. The van der Waals surface area contributed by atoms with Gasteiger partial charge in [0.1, 0.15) is 24.4 Å². The zero-order chi connectivity index (χ0) is 20.1. The van der Waals surface area contributed by atoms with Crippen molar-refractivity contribution in [3.8, 4) is 0 Å². The van der Waals surface area contributed by atoms with Gasteiger partial charge in [-0.25, -0.2) is 4.79 Å². The van der Waals surface area contributed by atoms with Crippen LogP contribution < -0.4 is 0 Å². The van der Waals surface area contributed by atoms with Crippen LogP contribution in [0.5, 0.6) is 0 Å². The van der Waals surface area contributed by atoms with Gasteiger partial charge in [-0.2, -0.15) is 0 Å². The van der Waals surface area contributed by atoms with E-state index >= 15 is 0 Å². The van der Waals surface area contributed by atoms with Crippen LogP contribution in [0.4, 0.5) is 0 Å². The zero-order valence-electron chi connectivity index (χ0n) is 14.5. The lowest BCUT2D eigenvalue weighted by Crippen LogP contribution is -2.60. The van der Waals surface area contributed by atoms with E-state index in [4.69, 9.17) is 14.2 Å². The molecule has 2 heterocycles. The van der Waals surface area contributed by atoms with Crippen molar-refractivity contribution in [2.45, 2.75) is 62.0 Å². The molecule has 1 saturated carbocycles. The van der Waals surface area contributed by atoms with Gasteiger partial charge in [0, 0.05) is 12.3 Å². The lowest BCUT2D eigenvalue weighted by atomic mass is 9.81. The van der Waals surface area contributed by atoms with Gasteiger partial charge in [0.25, 0.3) is 0 Å². The maximum atomic E-state index is 11.4. The van der Waals surface area contributed by atoms with Gasteiger partial charge in [-0.15, -0.1) is 0 Å². The number of aliphatic hydroxyl groups excluding tert-OH is 5. The summed E-state index contributed by atoms with van der Waals surface area (Å²) in [5.41, 5.74) is -1.77. The first-order valence-corrected chi connectivity index (χ1v) is 8.53. The van der Waals surface area contributed by atoms with Crippen LogP contribution in [0, 0.1) is 11.8 Å². The van der Waals surface area contributed by atoms with Crippen LogP contribution in [0.15, 0.2) is 11.8 Å². The van der Waals surface area contributed by atoms with Crippen molar-refractivity contribution in [2.75, 3.05) is 6.61 Å². The molecular formula is C16H24O11. The van der Waals surface area contributed by atoms with E-state index in [1.807, 2.05) is 0 Å². The Balaban J connectivity index is 1.85. The molecule has 154 valence electrons. The van der Waals surface area contributed by atoms with E-state index in [2.05, 4.69) is 0 Å². The predicted octanol–water partition coefficient (Wildman–Crippen LogP) is -3.12. The quantitative estimate of drug-likeness (QED) is 0.256. The highest BCUT2D eigenvalue weighted by atomic mass is 16.8. The molecule has 7 N–H and O–H groups in total. The maximum Gasteiger partial charge on any atom is 0.335 e. The molecule has 11 heteroatoms. The van der Waals surface area contributed by atoms with Gasteiger partial charge in [-0.1, -0.05) is 0 Å². The average molecular weight is 392 g/mol. The van der Waals surface area contributed by atoms with Crippen molar-refractivity contribution in [3.63, 3.8) is 0 Å². The van der Waals surface area contributed by atoms with Crippen LogP contribution in [0.3, 0.4) is 0 Å². The minimum absolute atomic E-state index is 0.120. The van der Waals surface area contributed by atoms with Crippen molar-refractivity contribution >= 4 is 5.97 Å². The molecule has 1 saturated heterocycles. The highest BCUT2D eigenvalue weighted by Crippen LogP contribution is 2.49. The molecule has 27 heavy (non-hydrogen) atoms. The number of rotatable bonds is 4. The van der Waals surface area contributed by atoms with Crippen LogP contribution in [0.1, 0.15) is 13.3 Å². The van der Waals surface area contributed by atoms with Gasteiger partial charge < -0.3 is 50.0 Å². The molecule has 0 aromatic rings. The Labute approximate surface area is 154 Å². The number of hydrogen-bond acceptors (Lipinski definition) is 10. The molecule has 0 aromatic carbocycles. The number of carboxylic acid groups (broad SMARTS) is 1. The normalized spacial score (nSPS) is 49.9. The van der Waals surface area contributed by atoms with E-state index in [1.54, 1.807) is 0 Å². The topological polar surface area (TPSA) is 186 Å². The van der Waals surface area contributed by atoms with E-state index in [9.17, 15) is 40.5 Å². The summed E-state index contributed by atoms with van der Waals surface area (Å²) in [6.07, 6.45) is -9.34. The molecule has 0 spiro atoms. The third-order valence-corrected chi connectivity index (χ3v) is 5.49. The number of aliphatic hydroxyl groups is 6. The van der Waals surface area contributed by atoms with Gasteiger partial charge >= 0.3 is 5.97 Å². The number of hydrogen-bond donors (Lipinski definition) is 7. The van der Waals surface area contributed by atoms with Crippen molar-refractivity contribution < 1.29 is 54.8 Å². The largest absolute Gasteiger partial charge is 0.478 e. The summed E-state index contributed by atoms with van der Waals surface area (Å²) in [5, 5.41) is 69.2. The molecule has 0 amide bonds. The SMILES string of the molecule is CC1(O)CC(O)C2C(C(=O)O)=COC(OC3OC(CO)C(O)C(O)C3O)C21. The lowest BCUT2D eigenvalue weighted by molar-refractivity contribution is -0.346. The Bertz CT molecular complexity index is 603. The summed E-state index contributed by atoms with van der Waals surface area (Å²) in [7, 11) is 0. The molecule has 2 fully saturated rings. The average Bonchev–Trinajstić information content (AvgIpc) is 2.85. The summed E-state index contributed by atoms with van der Waals surface area (Å²) >= 11 is 0. The number of fused-ring (bicyclic) bond motifs is 1. The summed E-state index contributed by atoms with van der Waals surface area (Å²) in [6.45, 7) is 0.751. The van der Waals surface area contributed by atoms with Crippen LogP contribution in [0.25, 0.3) is 0 Å². The van der Waals surface area contributed by atoms with Crippen LogP contribution >= 0.6 is 0 Å². The van der Waals surface area contributed by atoms with Gasteiger partial charge in [-0.3, -0.25) is 0 Å². The molecular weight excluding hydrogens is 368 g/mol. The monoisotopic (exact) mass is 392 g/mol. The second-order valence-electron chi connectivity index (χ2n) is 7.40. The van der Waals surface area contributed by atoms with Gasteiger partial charge in [0.2, 0.25) is 6.29 Å². The van der Waals surface area contributed by atoms with Crippen molar-refractivity contribution in [3.05, 3.63) is 11.8 Å². The van der Waals surface area contributed by atoms with Crippen molar-refractivity contribution in [2.24, 2.45) is 11.8 Å². The molecule has 1 aliphatic carbocycles. The fourth-order valence-electron chi connectivity index (χ4n) is 4.10. The summed E-state index contributed by atoms with van der Waals surface area (Å²) in [4.78, 5) is 11.4. The number of carbonyl (C=O) groups is 1. The van der Waals surface area contributed by atoms with Crippen molar-refractivity contribution in [1.82, 2.24) is 0 Å². The van der Waals surface area contributed by atoms with Crippen LogP contribution in [-0.4, -0.2) is 97.0 Å². The van der Waals surface area contributed by atoms with E-state index in [0.717, 1.165) is 6.26 Å². The highest BCUT2D eigenvalue weighted by Gasteiger charge is 2.59. The lowest BCUT2D eigenvalue weighted by Gasteiger charge is -2.44. The van der Waals surface area contributed by atoms with Crippen LogP contribution in [0.2, 0.25) is 0 Å². The third kappa shape index (κ3) is 3.45. The van der Waals surface area contributed by atoms with E-state index < -0.39 is 73.1 Å². The molecule has 10 unspecified atom stereocenters. The fraction of sp³-hybridized carbons (Fsp3) is 0.812. The molecule has 0 radical (unpaired) electrons. The molecule has 11 nitrogen and oxygen atoms in total. The molecule has 2 aliphatic heterocycles. The Morgan fingerprint density at radius 3 is 2.48 bits per heavy atom. The maximum absolute atomic E-state index is 11.4. The number of aliphatic carboxylic acids is 1. The molecule has 10 atom stereocenters. The Kier molecular flexibility index (Phi) is 5.49. The minimum atomic E-state index is -1.69. The zero-order valence-corrected chi connectivity index (χ0v) is 14.5. The first-order chi connectivity index (χ1) is 12.6. The second-order valence-corrected chi connectivity index (χ2v) is 7.40. The number of carboxylic acids is 1.